The lowest BCUT2D eigenvalue weighted by Crippen LogP contribution is -2.22. The summed E-state index contributed by atoms with van der Waals surface area (Å²) < 4.78 is 7.77. The predicted octanol–water partition coefficient (Wildman–Crippen LogP) is 3.24. The van der Waals surface area contributed by atoms with Gasteiger partial charge in [0.25, 0.3) is 0 Å². The molecule has 1 heterocycles. The van der Waals surface area contributed by atoms with E-state index in [9.17, 15) is 0 Å². The van der Waals surface area contributed by atoms with Gasteiger partial charge in [-0.1, -0.05) is 24.6 Å². The summed E-state index contributed by atoms with van der Waals surface area (Å²) in [4.78, 5) is 0. The van der Waals surface area contributed by atoms with Crippen LogP contribution in [0, 0.1) is 6.92 Å². The van der Waals surface area contributed by atoms with Gasteiger partial charge in [0.05, 0.1) is 11.4 Å². The highest BCUT2D eigenvalue weighted by molar-refractivity contribution is 6.31. The molecule has 0 aliphatic heterocycles. The van der Waals surface area contributed by atoms with Crippen LogP contribution < -0.4 is 10.5 Å². The fourth-order valence-electron chi connectivity index (χ4n) is 2.23. The van der Waals surface area contributed by atoms with Gasteiger partial charge in [-0.25, -0.2) is 0 Å². The van der Waals surface area contributed by atoms with Crippen molar-refractivity contribution in [2.75, 3.05) is 0 Å². The van der Waals surface area contributed by atoms with Crippen molar-refractivity contribution in [3.8, 4) is 5.75 Å². The summed E-state index contributed by atoms with van der Waals surface area (Å²) in [7, 11) is 1.91. The third-order valence-corrected chi connectivity index (χ3v) is 3.90. The number of benzene rings is 1. The van der Waals surface area contributed by atoms with E-state index in [4.69, 9.17) is 22.1 Å². The topological polar surface area (TPSA) is 53.1 Å². The third kappa shape index (κ3) is 3.99. The first kappa shape index (κ1) is 15.9. The molecule has 1 unspecified atom stereocenters. The summed E-state index contributed by atoms with van der Waals surface area (Å²) in [5, 5.41) is 5.02. The van der Waals surface area contributed by atoms with Crippen molar-refractivity contribution < 1.29 is 4.74 Å². The van der Waals surface area contributed by atoms with E-state index in [0.717, 1.165) is 35.5 Å². The van der Waals surface area contributed by atoms with E-state index in [0.29, 0.717) is 11.6 Å². The summed E-state index contributed by atoms with van der Waals surface area (Å²) >= 11 is 6.29. The second-order valence-electron chi connectivity index (χ2n) is 5.28. The van der Waals surface area contributed by atoms with E-state index in [1.807, 2.05) is 42.9 Å². The van der Waals surface area contributed by atoms with Crippen molar-refractivity contribution in [2.24, 2.45) is 12.8 Å². The molecule has 4 nitrogen and oxygen atoms in total. The predicted molar refractivity (Wildman–Crippen MR) is 85.7 cm³/mol. The van der Waals surface area contributed by atoms with Gasteiger partial charge in [-0.3, -0.25) is 4.68 Å². The number of halogens is 1. The zero-order chi connectivity index (χ0) is 15.4. The van der Waals surface area contributed by atoms with Gasteiger partial charge >= 0.3 is 0 Å². The van der Waals surface area contributed by atoms with Crippen molar-refractivity contribution in [3.63, 3.8) is 0 Å². The molecule has 0 radical (unpaired) electrons. The number of ether oxygens (including phenoxy) is 1. The number of nitrogens with zero attached hydrogens (tertiary/aromatic N) is 2. The second-order valence-corrected chi connectivity index (χ2v) is 5.69. The average molecular weight is 308 g/mol. The van der Waals surface area contributed by atoms with E-state index in [2.05, 4.69) is 12.0 Å². The fraction of sp³-hybridized carbons (Fsp3) is 0.438. The maximum absolute atomic E-state index is 6.29. The monoisotopic (exact) mass is 307 g/mol. The Morgan fingerprint density at radius 1 is 1.43 bits per heavy atom. The van der Waals surface area contributed by atoms with Crippen LogP contribution in [0.5, 0.6) is 5.75 Å². The molecule has 2 rings (SSSR count). The first-order chi connectivity index (χ1) is 10.0. The molecular weight excluding hydrogens is 286 g/mol. The Bertz CT molecular complexity index is 610. The molecule has 21 heavy (non-hydrogen) atoms. The Hall–Kier alpha value is -1.52. The van der Waals surface area contributed by atoms with Gasteiger partial charge in [-0.05, 0) is 38.0 Å². The highest BCUT2D eigenvalue weighted by Crippen LogP contribution is 2.28. The standard InChI is InChI=1S/C16H22ClN3O/c1-4-12(18)9-14-15(17)6-5-7-16(14)21-10-13-8-11(2)19-20(13)3/h5-8,12H,4,9-10,18H2,1-3H3. The first-order valence-corrected chi connectivity index (χ1v) is 7.54. The Balaban J connectivity index is 2.16. The molecular formula is C16H22ClN3O. The van der Waals surface area contributed by atoms with E-state index in [-0.39, 0.29) is 6.04 Å². The van der Waals surface area contributed by atoms with Crippen molar-refractivity contribution in [2.45, 2.75) is 39.3 Å². The van der Waals surface area contributed by atoms with Crippen LogP contribution in [0.4, 0.5) is 0 Å². The number of hydrogen-bond donors (Lipinski definition) is 1. The molecule has 0 saturated heterocycles. The molecule has 0 aliphatic rings. The first-order valence-electron chi connectivity index (χ1n) is 7.16. The van der Waals surface area contributed by atoms with Gasteiger partial charge in [0.1, 0.15) is 12.4 Å². The molecule has 0 aliphatic carbocycles. The number of aryl methyl sites for hydroxylation is 2. The Kier molecular flexibility index (Phi) is 5.26. The molecule has 5 heteroatoms. The summed E-state index contributed by atoms with van der Waals surface area (Å²) in [5.41, 5.74) is 9.04. The minimum absolute atomic E-state index is 0.0891. The van der Waals surface area contributed by atoms with Gasteiger partial charge in [0, 0.05) is 23.7 Å². The van der Waals surface area contributed by atoms with E-state index in [1.54, 1.807) is 0 Å². The van der Waals surface area contributed by atoms with Crippen LogP contribution in [0.2, 0.25) is 5.02 Å². The summed E-state index contributed by atoms with van der Waals surface area (Å²) in [5.74, 6) is 0.797. The summed E-state index contributed by atoms with van der Waals surface area (Å²) in [6.07, 6.45) is 1.63. The molecule has 0 amide bonds. The summed E-state index contributed by atoms with van der Waals surface area (Å²) in [6, 6.07) is 7.81. The lowest BCUT2D eigenvalue weighted by atomic mass is 10.0. The highest BCUT2D eigenvalue weighted by Gasteiger charge is 2.12. The van der Waals surface area contributed by atoms with Crippen LogP contribution >= 0.6 is 11.6 Å². The lowest BCUT2D eigenvalue weighted by Gasteiger charge is -2.16. The smallest absolute Gasteiger partial charge is 0.130 e. The largest absolute Gasteiger partial charge is 0.487 e. The van der Waals surface area contributed by atoms with Crippen molar-refractivity contribution >= 4 is 11.6 Å². The number of nitrogens with two attached hydrogens (primary N) is 1. The maximum atomic E-state index is 6.29. The van der Waals surface area contributed by atoms with E-state index >= 15 is 0 Å². The normalized spacial score (nSPS) is 12.4. The molecule has 0 bridgehead atoms. The molecule has 0 spiro atoms. The average Bonchev–Trinajstić information content (AvgIpc) is 2.77. The van der Waals surface area contributed by atoms with Crippen LogP contribution in [-0.4, -0.2) is 15.8 Å². The molecule has 1 aromatic heterocycles. The highest BCUT2D eigenvalue weighted by atomic mass is 35.5. The van der Waals surface area contributed by atoms with Crippen molar-refractivity contribution in [3.05, 3.63) is 46.2 Å². The van der Waals surface area contributed by atoms with Gasteiger partial charge < -0.3 is 10.5 Å². The Morgan fingerprint density at radius 2 is 2.19 bits per heavy atom. The molecule has 0 saturated carbocycles. The van der Waals surface area contributed by atoms with Crippen LogP contribution in [-0.2, 0) is 20.1 Å². The minimum atomic E-state index is 0.0891. The molecule has 2 aromatic rings. The number of aromatic nitrogens is 2. The molecule has 114 valence electrons. The SMILES string of the molecule is CCC(N)Cc1c(Cl)cccc1OCc1cc(C)nn1C. The third-order valence-electron chi connectivity index (χ3n) is 3.54. The molecule has 1 atom stereocenters. The second kappa shape index (κ2) is 6.96. The summed E-state index contributed by atoms with van der Waals surface area (Å²) in [6.45, 7) is 4.50. The van der Waals surface area contributed by atoms with E-state index in [1.165, 1.54) is 0 Å². The maximum Gasteiger partial charge on any atom is 0.130 e. The van der Waals surface area contributed by atoms with Gasteiger partial charge in [-0.15, -0.1) is 0 Å². The van der Waals surface area contributed by atoms with Crippen LogP contribution in [0.25, 0.3) is 0 Å². The van der Waals surface area contributed by atoms with Gasteiger partial charge in [0.15, 0.2) is 0 Å². The number of hydrogen-bond acceptors (Lipinski definition) is 3. The lowest BCUT2D eigenvalue weighted by molar-refractivity contribution is 0.291. The van der Waals surface area contributed by atoms with Crippen LogP contribution in [0.1, 0.15) is 30.3 Å². The quantitative estimate of drug-likeness (QED) is 0.891. The van der Waals surface area contributed by atoms with Crippen molar-refractivity contribution in [1.29, 1.82) is 0 Å². The fourth-order valence-corrected chi connectivity index (χ4v) is 2.47. The Labute approximate surface area is 130 Å². The van der Waals surface area contributed by atoms with Crippen LogP contribution in [0.3, 0.4) is 0 Å². The molecule has 1 aromatic carbocycles. The zero-order valence-corrected chi connectivity index (χ0v) is 13.5. The van der Waals surface area contributed by atoms with Gasteiger partial charge in [0.2, 0.25) is 0 Å². The molecule has 2 N–H and O–H groups in total. The van der Waals surface area contributed by atoms with Crippen molar-refractivity contribution in [1.82, 2.24) is 9.78 Å². The van der Waals surface area contributed by atoms with Gasteiger partial charge in [-0.2, -0.15) is 5.10 Å². The Morgan fingerprint density at radius 3 is 2.81 bits per heavy atom. The molecule has 0 fully saturated rings. The number of rotatable bonds is 6. The minimum Gasteiger partial charge on any atom is -0.487 e. The van der Waals surface area contributed by atoms with E-state index < -0.39 is 0 Å². The van der Waals surface area contributed by atoms with Crippen LogP contribution in [0.15, 0.2) is 24.3 Å². The zero-order valence-electron chi connectivity index (χ0n) is 12.8.